The van der Waals surface area contributed by atoms with E-state index in [0.29, 0.717) is 11.3 Å². The van der Waals surface area contributed by atoms with Gasteiger partial charge in [0.15, 0.2) is 6.23 Å². The Balaban J connectivity index is 1.46. The van der Waals surface area contributed by atoms with Crippen LogP contribution in [0.3, 0.4) is 0 Å². The number of nitrogens with one attached hydrogen (secondary N) is 1. The third-order valence-electron chi connectivity index (χ3n) is 4.30. The minimum absolute atomic E-state index is 0.0361. The van der Waals surface area contributed by atoms with Crippen LogP contribution in [0.2, 0.25) is 0 Å². The molecular weight excluding hydrogens is 398 g/mol. The van der Waals surface area contributed by atoms with Gasteiger partial charge in [-0.25, -0.2) is 13.8 Å². The molecule has 2 aliphatic rings. The summed E-state index contributed by atoms with van der Waals surface area (Å²) in [6.45, 7) is -0.899. The van der Waals surface area contributed by atoms with Gasteiger partial charge in [0.1, 0.15) is 18.5 Å². The SMILES string of the molecule is O=c1ccn([C@@H]2O[C@](F)(COP3(=O)OCc4ccccc4O3)C[C@H]2O)c(=O)[nH]1. The number of hydrogen-bond acceptors (Lipinski definition) is 8. The second-order valence-corrected chi connectivity index (χ2v) is 7.97. The van der Waals surface area contributed by atoms with Crippen LogP contribution in [0, 0.1) is 0 Å². The van der Waals surface area contributed by atoms with E-state index in [9.17, 15) is 19.3 Å². The number of rotatable bonds is 4. The zero-order chi connectivity index (χ0) is 19.9. The second-order valence-electron chi connectivity index (χ2n) is 6.37. The number of halogens is 1. The van der Waals surface area contributed by atoms with Gasteiger partial charge in [-0.05, 0) is 6.07 Å². The number of aromatic nitrogens is 2. The molecule has 0 bridgehead atoms. The fourth-order valence-electron chi connectivity index (χ4n) is 2.97. The quantitative estimate of drug-likeness (QED) is 0.715. The van der Waals surface area contributed by atoms with Gasteiger partial charge >= 0.3 is 13.5 Å². The number of fused-ring (bicyclic) bond motifs is 1. The lowest BCUT2D eigenvalue weighted by Crippen LogP contribution is -2.35. The Morgan fingerprint density at radius 1 is 1.36 bits per heavy atom. The van der Waals surface area contributed by atoms with E-state index in [4.69, 9.17) is 18.3 Å². The Hall–Kier alpha value is -2.30. The molecule has 0 aliphatic carbocycles. The molecule has 0 saturated carbocycles. The molecule has 2 aromatic rings. The van der Waals surface area contributed by atoms with Crippen LogP contribution in [0.25, 0.3) is 0 Å². The fraction of sp³-hybridized carbons (Fsp3) is 0.375. The van der Waals surface area contributed by atoms with Crippen LogP contribution in [0.5, 0.6) is 5.75 Å². The minimum atomic E-state index is -4.09. The molecule has 28 heavy (non-hydrogen) atoms. The molecule has 4 atom stereocenters. The first-order valence-corrected chi connectivity index (χ1v) is 9.76. The summed E-state index contributed by atoms with van der Waals surface area (Å²) in [5, 5.41) is 10.1. The number of hydrogen-bond donors (Lipinski definition) is 2. The molecule has 10 nitrogen and oxygen atoms in total. The monoisotopic (exact) mass is 414 g/mol. The van der Waals surface area contributed by atoms with Gasteiger partial charge in [-0.15, -0.1) is 0 Å². The number of aliphatic hydroxyl groups is 1. The van der Waals surface area contributed by atoms with E-state index in [2.05, 4.69) is 0 Å². The summed E-state index contributed by atoms with van der Waals surface area (Å²) in [4.78, 5) is 25.0. The highest BCUT2D eigenvalue weighted by atomic mass is 31.2. The number of phosphoric acid groups is 1. The van der Waals surface area contributed by atoms with Gasteiger partial charge in [0.25, 0.3) is 5.56 Å². The van der Waals surface area contributed by atoms with Gasteiger partial charge in [0.05, 0.1) is 6.61 Å². The Bertz CT molecular complexity index is 1060. The summed E-state index contributed by atoms with van der Waals surface area (Å²) in [7, 11) is -4.09. The van der Waals surface area contributed by atoms with Crippen molar-refractivity contribution in [3.05, 3.63) is 62.9 Å². The van der Waals surface area contributed by atoms with Crippen LogP contribution in [0.15, 0.2) is 46.1 Å². The van der Waals surface area contributed by atoms with Crippen LogP contribution in [0.1, 0.15) is 18.2 Å². The Morgan fingerprint density at radius 2 is 2.14 bits per heavy atom. The molecule has 12 heteroatoms. The second kappa shape index (κ2) is 6.94. The maximum Gasteiger partial charge on any atom is 0.530 e. The molecule has 150 valence electrons. The van der Waals surface area contributed by atoms with Crippen molar-refractivity contribution in [3.8, 4) is 5.75 Å². The minimum Gasteiger partial charge on any atom is -0.404 e. The van der Waals surface area contributed by atoms with Crippen molar-refractivity contribution in [2.75, 3.05) is 6.61 Å². The number of nitrogens with zero attached hydrogens (tertiary/aromatic N) is 1. The van der Waals surface area contributed by atoms with Crippen LogP contribution in [-0.4, -0.2) is 33.2 Å². The first-order chi connectivity index (χ1) is 13.3. The molecule has 2 N–H and O–H groups in total. The molecule has 1 saturated heterocycles. The van der Waals surface area contributed by atoms with Crippen molar-refractivity contribution in [1.29, 1.82) is 0 Å². The van der Waals surface area contributed by atoms with Gasteiger partial charge in [0, 0.05) is 24.2 Å². The Labute approximate surface area is 157 Å². The zero-order valence-electron chi connectivity index (χ0n) is 14.3. The largest absolute Gasteiger partial charge is 0.530 e. The lowest BCUT2D eigenvalue weighted by Gasteiger charge is -2.27. The average Bonchev–Trinajstić information content (AvgIpc) is 2.95. The smallest absolute Gasteiger partial charge is 0.404 e. The van der Waals surface area contributed by atoms with Crippen molar-refractivity contribution in [2.45, 2.75) is 31.2 Å². The molecule has 1 fully saturated rings. The van der Waals surface area contributed by atoms with Crippen LogP contribution in [0.4, 0.5) is 4.39 Å². The highest BCUT2D eigenvalue weighted by molar-refractivity contribution is 7.49. The van der Waals surface area contributed by atoms with Gasteiger partial charge in [-0.2, -0.15) is 0 Å². The molecule has 2 aliphatic heterocycles. The first-order valence-electron chi connectivity index (χ1n) is 8.30. The molecule has 1 aromatic heterocycles. The number of ether oxygens (including phenoxy) is 1. The number of benzene rings is 1. The molecule has 0 amide bonds. The predicted octanol–water partition coefficient (Wildman–Crippen LogP) is 1.22. The first kappa shape index (κ1) is 19.0. The number of aromatic amines is 1. The Morgan fingerprint density at radius 3 is 2.93 bits per heavy atom. The maximum absolute atomic E-state index is 15.0. The van der Waals surface area contributed by atoms with Crippen molar-refractivity contribution < 1.29 is 32.4 Å². The lowest BCUT2D eigenvalue weighted by molar-refractivity contribution is -0.179. The standard InChI is InChI=1S/C16H16FN2O8P/c17-16(7-11(20)14(26-16)19-6-5-13(21)18-15(19)22)9-25-28(23)24-8-10-3-1-2-4-12(10)27-28/h1-6,11,14,20H,7-9H2,(H,18,21,22)/t11-,14-,16+,28?/m1/s1. The normalized spacial score (nSPS) is 31.9. The summed E-state index contributed by atoms with van der Waals surface area (Å²) in [5.74, 6) is -2.25. The third kappa shape index (κ3) is 3.67. The fourth-order valence-corrected chi connectivity index (χ4v) is 4.21. The van der Waals surface area contributed by atoms with E-state index in [1.54, 1.807) is 24.3 Å². The highest BCUT2D eigenvalue weighted by Gasteiger charge is 2.50. The molecular formula is C16H16FN2O8P. The van der Waals surface area contributed by atoms with Crippen LogP contribution < -0.4 is 15.8 Å². The Kier molecular flexibility index (Phi) is 4.72. The number of para-hydroxylation sites is 1. The predicted molar refractivity (Wildman–Crippen MR) is 91.3 cm³/mol. The van der Waals surface area contributed by atoms with E-state index in [0.717, 1.165) is 16.8 Å². The van der Waals surface area contributed by atoms with Gasteiger partial charge in [-0.1, -0.05) is 18.2 Å². The van der Waals surface area contributed by atoms with Crippen LogP contribution in [-0.2, 0) is 25.0 Å². The number of aliphatic hydroxyl groups excluding tert-OH is 1. The summed E-state index contributed by atoms with van der Waals surface area (Å²) in [6, 6.07) is 7.76. The summed E-state index contributed by atoms with van der Waals surface area (Å²) < 4.78 is 48.9. The van der Waals surface area contributed by atoms with E-state index < -0.39 is 50.3 Å². The molecule has 0 spiro atoms. The van der Waals surface area contributed by atoms with Crippen molar-refractivity contribution >= 4 is 7.82 Å². The van der Waals surface area contributed by atoms with E-state index in [-0.39, 0.29) is 6.61 Å². The molecule has 0 radical (unpaired) electrons. The summed E-state index contributed by atoms with van der Waals surface area (Å²) in [6.07, 6.45) is -2.28. The van der Waals surface area contributed by atoms with E-state index in [1.165, 1.54) is 0 Å². The molecule has 4 rings (SSSR count). The number of H-pyrrole nitrogens is 1. The molecule has 3 heterocycles. The molecule has 1 unspecified atom stereocenters. The maximum atomic E-state index is 15.0. The third-order valence-corrected chi connectivity index (χ3v) is 5.61. The van der Waals surface area contributed by atoms with Crippen molar-refractivity contribution in [3.63, 3.8) is 0 Å². The van der Waals surface area contributed by atoms with E-state index >= 15 is 4.39 Å². The lowest BCUT2D eigenvalue weighted by atomic mass is 10.2. The highest BCUT2D eigenvalue weighted by Crippen LogP contribution is 2.55. The number of alkyl halides is 1. The number of phosphoric ester groups is 1. The van der Waals surface area contributed by atoms with Crippen molar-refractivity contribution in [2.24, 2.45) is 0 Å². The average molecular weight is 414 g/mol. The summed E-state index contributed by atoms with van der Waals surface area (Å²) >= 11 is 0. The topological polar surface area (TPSA) is 129 Å². The van der Waals surface area contributed by atoms with Gasteiger partial charge in [0.2, 0.25) is 5.85 Å². The van der Waals surface area contributed by atoms with Gasteiger partial charge in [-0.3, -0.25) is 23.4 Å². The van der Waals surface area contributed by atoms with Gasteiger partial charge < -0.3 is 14.4 Å². The summed E-state index contributed by atoms with van der Waals surface area (Å²) in [5.41, 5.74) is -0.851. The molecule has 1 aromatic carbocycles. The van der Waals surface area contributed by atoms with E-state index in [1.807, 2.05) is 4.98 Å². The zero-order valence-corrected chi connectivity index (χ0v) is 15.2. The van der Waals surface area contributed by atoms with Crippen LogP contribution >= 0.6 is 7.82 Å². The van der Waals surface area contributed by atoms with Crippen molar-refractivity contribution in [1.82, 2.24) is 9.55 Å².